The molecule has 0 bridgehead atoms. The van der Waals surface area contributed by atoms with Crippen LogP contribution < -0.4 is 5.73 Å². The standard InChI is InChI=1S/C28H43NO.C4H8.C2H6N2.C2H6.CH3F/c1-9-12-13-15-25-21(4)18-24(19-26(25)28(6,7)8)27(30)20-29-22(5)16-17-23(11-3)14-10-2;1-4(2)3;1-2(3)4;2*1-2/h11,16-19H,9-10,12-15,20H2,1-8H3;1H2,2-3H3;1H3,(H3,3,4);1-2H3;1H3/b17-16-,23-11-,29-22?;;;;. The number of Topliss-reactive ketones (excluding diaryl/α,β-unsaturated/α-hetero) is 1. The second-order valence-corrected chi connectivity index (χ2v) is 11.2. The molecule has 0 aliphatic heterocycles. The molecule has 0 aromatic heterocycles. The molecule has 0 atom stereocenters. The largest absolute Gasteiger partial charge is 0.388 e. The first kappa shape index (κ1) is 46.1. The van der Waals surface area contributed by atoms with Gasteiger partial charge in [0.25, 0.3) is 0 Å². The Hall–Kier alpha value is -2.82. The van der Waals surface area contributed by atoms with E-state index < -0.39 is 0 Å². The second kappa shape index (κ2) is 28.3. The Labute approximate surface area is 260 Å². The summed E-state index contributed by atoms with van der Waals surface area (Å²) in [4.78, 5) is 17.4. The third kappa shape index (κ3) is 26.1. The number of halogens is 1. The topological polar surface area (TPSA) is 79.3 Å². The number of allylic oxidation sites excluding steroid dienone is 5. The van der Waals surface area contributed by atoms with Crippen LogP contribution in [-0.4, -0.2) is 31.1 Å². The van der Waals surface area contributed by atoms with Crippen LogP contribution in [0.25, 0.3) is 0 Å². The molecule has 0 unspecified atom stereocenters. The summed E-state index contributed by atoms with van der Waals surface area (Å²) in [7, 11) is 0.500. The van der Waals surface area contributed by atoms with Crippen molar-refractivity contribution in [2.45, 2.75) is 134 Å². The molecule has 3 N–H and O–H groups in total. The molecule has 1 rings (SSSR count). The van der Waals surface area contributed by atoms with Crippen molar-refractivity contribution < 1.29 is 9.18 Å². The van der Waals surface area contributed by atoms with E-state index in [0.29, 0.717) is 7.18 Å². The van der Waals surface area contributed by atoms with E-state index in [4.69, 9.17) is 11.1 Å². The number of ketones is 1. The molecule has 5 heteroatoms. The SMILES string of the molecule is C/C=C(\C=C/C(C)=NCC(=O)c1cc(C)c(CCCCC)c(C(C)(C)C)c1)CCC.C=C(C)C.CC.CC(=N)N.CF. The van der Waals surface area contributed by atoms with Crippen molar-refractivity contribution in [3.05, 3.63) is 70.3 Å². The minimum atomic E-state index is 0.0205. The molecule has 4 nitrogen and oxygen atoms in total. The number of carbonyl (C=O) groups excluding carboxylic acids is 1. The Morgan fingerprint density at radius 2 is 1.52 bits per heavy atom. The van der Waals surface area contributed by atoms with Crippen LogP contribution in [0.3, 0.4) is 0 Å². The number of aliphatic imine (C=N–C) groups is 1. The van der Waals surface area contributed by atoms with Crippen molar-refractivity contribution in [2.24, 2.45) is 10.7 Å². The van der Waals surface area contributed by atoms with Crippen molar-refractivity contribution in [1.82, 2.24) is 0 Å². The number of alkyl halides is 1. The van der Waals surface area contributed by atoms with E-state index in [2.05, 4.69) is 84.3 Å². The van der Waals surface area contributed by atoms with E-state index in [1.165, 1.54) is 54.0 Å². The van der Waals surface area contributed by atoms with Crippen LogP contribution in [0, 0.1) is 12.3 Å². The van der Waals surface area contributed by atoms with Crippen molar-refractivity contribution in [3.8, 4) is 0 Å². The maximum Gasteiger partial charge on any atom is 0.184 e. The van der Waals surface area contributed by atoms with Crippen molar-refractivity contribution >= 4 is 17.3 Å². The van der Waals surface area contributed by atoms with Crippen LogP contribution in [0.1, 0.15) is 142 Å². The van der Waals surface area contributed by atoms with E-state index in [1.54, 1.807) is 0 Å². The number of benzene rings is 1. The van der Waals surface area contributed by atoms with Gasteiger partial charge in [0, 0.05) is 11.3 Å². The van der Waals surface area contributed by atoms with E-state index in [0.717, 1.165) is 30.5 Å². The van der Waals surface area contributed by atoms with Crippen LogP contribution in [-0.2, 0) is 11.8 Å². The third-order valence-electron chi connectivity index (χ3n) is 5.55. The summed E-state index contributed by atoms with van der Waals surface area (Å²) in [5.74, 6) is 0.260. The number of nitrogens with one attached hydrogen (secondary N) is 1. The Morgan fingerprint density at radius 3 is 1.93 bits per heavy atom. The van der Waals surface area contributed by atoms with Crippen LogP contribution >= 0.6 is 0 Å². The zero-order valence-corrected chi connectivity index (χ0v) is 29.9. The van der Waals surface area contributed by atoms with E-state index in [1.807, 2.05) is 40.7 Å². The van der Waals surface area contributed by atoms with Crippen LogP contribution in [0.2, 0.25) is 0 Å². The molecule has 0 amide bonds. The van der Waals surface area contributed by atoms with Gasteiger partial charge in [-0.15, -0.1) is 6.58 Å². The summed E-state index contributed by atoms with van der Waals surface area (Å²) in [6, 6.07) is 4.19. The lowest BCUT2D eigenvalue weighted by atomic mass is 9.79. The van der Waals surface area contributed by atoms with Gasteiger partial charge in [0.1, 0.15) is 6.54 Å². The second-order valence-electron chi connectivity index (χ2n) is 11.2. The number of rotatable bonds is 11. The highest BCUT2D eigenvalue weighted by Crippen LogP contribution is 2.31. The lowest BCUT2D eigenvalue weighted by Gasteiger charge is -2.25. The Kier molecular flexibility index (Phi) is 31.1. The monoisotopic (exact) mass is 588 g/mol. The van der Waals surface area contributed by atoms with Gasteiger partial charge in [-0.3, -0.25) is 19.6 Å². The average molecular weight is 588 g/mol. The van der Waals surface area contributed by atoms with Gasteiger partial charge >= 0.3 is 0 Å². The molecule has 242 valence electrons. The quantitative estimate of drug-likeness (QED) is 0.0674. The number of unbranched alkanes of at least 4 members (excludes halogenated alkanes) is 2. The Balaban J connectivity index is -0.000000514. The highest BCUT2D eigenvalue weighted by molar-refractivity contribution is 6.01. The maximum absolute atomic E-state index is 12.9. The molecule has 42 heavy (non-hydrogen) atoms. The fraction of sp³-hybridized carbons (Fsp3) is 0.595. The number of hydrogen-bond acceptors (Lipinski definition) is 3. The summed E-state index contributed by atoms with van der Waals surface area (Å²) in [6.45, 7) is 30.5. The van der Waals surface area contributed by atoms with E-state index in [-0.39, 0.29) is 23.6 Å². The highest BCUT2D eigenvalue weighted by atomic mass is 19.1. The number of hydrogen-bond donors (Lipinski definition) is 2. The molecule has 0 spiro atoms. The highest BCUT2D eigenvalue weighted by Gasteiger charge is 2.21. The molecule has 0 saturated carbocycles. The van der Waals surface area contributed by atoms with Crippen LogP contribution in [0.5, 0.6) is 0 Å². The van der Waals surface area contributed by atoms with E-state index >= 15 is 0 Å². The van der Waals surface area contributed by atoms with Crippen molar-refractivity contribution in [3.63, 3.8) is 0 Å². The molecule has 0 aliphatic carbocycles. The fourth-order valence-electron chi connectivity index (χ4n) is 3.71. The molecule has 0 heterocycles. The summed E-state index contributed by atoms with van der Waals surface area (Å²) < 4.78 is 9.50. The predicted octanol–water partition coefficient (Wildman–Crippen LogP) is 11.1. The van der Waals surface area contributed by atoms with E-state index in [9.17, 15) is 9.18 Å². The minimum Gasteiger partial charge on any atom is -0.388 e. The first-order chi connectivity index (χ1) is 19.6. The van der Waals surface area contributed by atoms with Gasteiger partial charge in [0.2, 0.25) is 0 Å². The minimum absolute atomic E-state index is 0.0205. The summed E-state index contributed by atoms with van der Waals surface area (Å²) >= 11 is 0. The van der Waals surface area contributed by atoms with Gasteiger partial charge in [-0.2, -0.15) is 0 Å². The first-order valence-corrected chi connectivity index (χ1v) is 15.4. The van der Waals surface area contributed by atoms with Crippen LogP contribution in [0.15, 0.2) is 53.1 Å². The smallest absolute Gasteiger partial charge is 0.184 e. The van der Waals surface area contributed by atoms with Crippen molar-refractivity contribution in [1.29, 1.82) is 5.41 Å². The van der Waals surface area contributed by atoms with Gasteiger partial charge in [-0.05, 0) is 101 Å². The normalized spacial score (nSPS) is 11.0. The lowest BCUT2D eigenvalue weighted by Crippen LogP contribution is -2.18. The predicted molar refractivity (Wildman–Crippen MR) is 190 cm³/mol. The van der Waals surface area contributed by atoms with Gasteiger partial charge in [0.05, 0.1) is 13.0 Å². The average Bonchev–Trinajstić information content (AvgIpc) is 2.91. The van der Waals surface area contributed by atoms with Gasteiger partial charge in [-0.1, -0.05) is 91.0 Å². The zero-order valence-electron chi connectivity index (χ0n) is 29.9. The molecule has 0 fully saturated rings. The first-order valence-electron chi connectivity index (χ1n) is 15.4. The molecule has 1 aromatic rings. The molecule has 0 aliphatic rings. The lowest BCUT2D eigenvalue weighted by molar-refractivity contribution is 0.100. The van der Waals surface area contributed by atoms with Gasteiger partial charge in [-0.25, -0.2) is 0 Å². The Bertz CT molecular complexity index is 959. The zero-order chi connectivity index (χ0) is 33.9. The maximum atomic E-state index is 12.9. The van der Waals surface area contributed by atoms with Crippen LogP contribution in [0.4, 0.5) is 4.39 Å². The number of nitrogens with zero attached hydrogens (tertiary/aromatic N) is 1. The fourth-order valence-corrected chi connectivity index (χ4v) is 3.71. The Morgan fingerprint density at radius 1 is 1.02 bits per heavy atom. The molecule has 1 aromatic carbocycles. The number of carbonyl (C=O) groups is 1. The van der Waals surface area contributed by atoms with Gasteiger partial charge in [0.15, 0.2) is 5.78 Å². The number of nitrogens with two attached hydrogens (primary N) is 1. The summed E-state index contributed by atoms with van der Waals surface area (Å²) in [5.41, 5.74) is 12.8. The third-order valence-corrected chi connectivity index (χ3v) is 5.55. The van der Waals surface area contributed by atoms with Gasteiger partial charge < -0.3 is 5.73 Å². The molecule has 0 radical (unpaired) electrons. The number of amidine groups is 1. The summed E-state index contributed by atoms with van der Waals surface area (Å²) in [5, 5.41) is 6.28. The molecular weight excluding hydrogens is 521 g/mol. The van der Waals surface area contributed by atoms with Crippen molar-refractivity contribution in [2.75, 3.05) is 13.7 Å². The molecule has 0 saturated heterocycles. The number of aryl methyl sites for hydroxylation is 1. The summed E-state index contributed by atoms with van der Waals surface area (Å²) in [6.07, 6.45) is 13.2. The molecular formula is C37H66FN3O.